The second kappa shape index (κ2) is 4.39. The van der Waals surface area contributed by atoms with E-state index in [1.807, 2.05) is 0 Å². The molecule has 2 unspecified atom stereocenters. The van der Waals surface area contributed by atoms with Crippen LogP contribution in [0.15, 0.2) is 6.33 Å². The molecule has 96 valence electrons. The van der Waals surface area contributed by atoms with Gasteiger partial charge in [0.1, 0.15) is 12.2 Å². The Labute approximate surface area is 110 Å². The number of nitrogens with zero attached hydrogens (tertiary/aromatic N) is 4. The van der Waals surface area contributed by atoms with E-state index < -0.39 is 0 Å². The van der Waals surface area contributed by atoms with Crippen LogP contribution in [0.3, 0.4) is 0 Å². The van der Waals surface area contributed by atoms with E-state index in [1.54, 1.807) is 7.11 Å². The molecular weight excluding hydrogens is 252 g/mol. The normalized spacial score (nSPS) is 22.4. The number of alkyl halides is 1. The van der Waals surface area contributed by atoms with Crippen LogP contribution in [0.5, 0.6) is 5.88 Å². The van der Waals surface area contributed by atoms with Crippen LogP contribution in [-0.2, 0) is 6.42 Å². The van der Waals surface area contributed by atoms with Crippen molar-refractivity contribution in [1.29, 1.82) is 0 Å². The molecule has 1 aliphatic carbocycles. The second-order valence-corrected chi connectivity index (χ2v) is 5.05. The maximum absolute atomic E-state index is 5.85. The maximum Gasteiger partial charge on any atom is 0.245 e. The number of methoxy groups -OCH3 is 1. The minimum absolute atomic E-state index is 0.493. The second-order valence-electron chi connectivity index (χ2n) is 4.67. The number of hydrogen-bond donors (Lipinski definition) is 0. The summed E-state index contributed by atoms with van der Waals surface area (Å²) in [4.78, 5) is 13.0. The Hall–Kier alpha value is -1.36. The number of imidazole rings is 1. The van der Waals surface area contributed by atoms with Crippen LogP contribution in [0.1, 0.15) is 25.2 Å². The molecule has 1 aliphatic rings. The molecule has 0 spiro atoms. The SMILES string of the molecule is COc1ncnc2c1nc(CCCl)n2C1CC1C. The maximum atomic E-state index is 5.85. The van der Waals surface area contributed by atoms with E-state index in [2.05, 4.69) is 26.4 Å². The molecule has 0 radical (unpaired) electrons. The van der Waals surface area contributed by atoms with Crippen molar-refractivity contribution in [2.75, 3.05) is 13.0 Å². The lowest BCUT2D eigenvalue weighted by Crippen LogP contribution is -2.04. The summed E-state index contributed by atoms with van der Waals surface area (Å²) in [5.41, 5.74) is 1.59. The molecule has 2 atom stereocenters. The highest BCUT2D eigenvalue weighted by Crippen LogP contribution is 2.45. The number of halogens is 1. The molecule has 2 heterocycles. The van der Waals surface area contributed by atoms with Gasteiger partial charge in [0.15, 0.2) is 11.2 Å². The summed E-state index contributed by atoms with van der Waals surface area (Å²) in [7, 11) is 1.60. The van der Waals surface area contributed by atoms with Crippen molar-refractivity contribution < 1.29 is 4.74 Å². The van der Waals surface area contributed by atoms with Gasteiger partial charge < -0.3 is 9.30 Å². The predicted molar refractivity (Wildman–Crippen MR) is 69.1 cm³/mol. The van der Waals surface area contributed by atoms with Gasteiger partial charge in [-0.15, -0.1) is 11.6 Å². The third kappa shape index (κ3) is 1.73. The van der Waals surface area contributed by atoms with Crippen molar-refractivity contribution in [2.24, 2.45) is 5.92 Å². The Morgan fingerprint density at radius 2 is 2.28 bits per heavy atom. The fourth-order valence-corrected chi connectivity index (χ4v) is 2.52. The van der Waals surface area contributed by atoms with Crippen molar-refractivity contribution >= 4 is 22.8 Å². The van der Waals surface area contributed by atoms with Crippen LogP contribution in [0.25, 0.3) is 11.2 Å². The molecule has 0 aliphatic heterocycles. The van der Waals surface area contributed by atoms with Gasteiger partial charge in [0.25, 0.3) is 0 Å². The van der Waals surface area contributed by atoms with E-state index in [9.17, 15) is 0 Å². The quantitative estimate of drug-likeness (QED) is 0.796. The van der Waals surface area contributed by atoms with E-state index in [4.69, 9.17) is 16.3 Å². The highest BCUT2D eigenvalue weighted by atomic mass is 35.5. The van der Waals surface area contributed by atoms with E-state index in [0.29, 0.717) is 23.7 Å². The average Bonchev–Trinajstić information content (AvgIpc) is 2.97. The van der Waals surface area contributed by atoms with Crippen molar-refractivity contribution in [3.8, 4) is 5.88 Å². The molecule has 0 amide bonds. The van der Waals surface area contributed by atoms with Gasteiger partial charge in [-0.25, -0.2) is 9.97 Å². The summed E-state index contributed by atoms with van der Waals surface area (Å²) in [6, 6.07) is 0.493. The molecule has 2 aromatic rings. The average molecular weight is 267 g/mol. The Balaban J connectivity index is 2.19. The molecule has 2 aromatic heterocycles. The zero-order valence-corrected chi connectivity index (χ0v) is 11.2. The highest BCUT2D eigenvalue weighted by Gasteiger charge is 2.37. The number of rotatable bonds is 4. The molecule has 0 aromatic carbocycles. The first-order valence-corrected chi connectivity index (χ1v) is 6.61. The van der Waals surface area contributed by atoms with Crippen LogP contribution in [0, 0.1) is 5.92 Å². The number of aryl methyl sites for hydroxylation is 1. The first-order valence-electron chi connectivity index (χ1n) is 6.08. The van der Waals surface area contributed by atoms with E-state index >= 15 is 0 Å². The third-order valence-corrected chi connectivity index (χ3v) is 3.62. The van der Waals surface area contributed by atoms with Gasteiger partial charge in [0, 0.05) is 18.3 Å². The van der Waals surface area contributed by atoms with Crippen LogP contribution >= 0.6 is 11.6 Å². The Morgan fingerprint density at radius 1 is 1.50 bits per heavy atom. The van der Waals surface area contributed by atoms with Crippen LogP contribution in [-0.4, -0.2) is 32.5 Å². The molecule has 18 heavy (non-hydrogen) atoms. The lowest BCUT2D eigenvalue weighted by molar-refractivity contribution is 0.401. The predicted octanol–water partition coefficient (Wildman–Crippen LogP) is 2.20. The van der Waals surface area contributed by atoms with Gasteiger partial charge >= 0.3 is 0 Å². The summed E-state index contributed by atoms with van der Waals surface area (Å²) in [5, 5.41) is 0. The summed E-state index contributed by atoms with van der Waals surface area (Å²) in [6.45, 7) is 2.24. The molecule has 3 rings (SSSR count). The van der Waals surface area contributed by atoms with Crippen LogP contribution < -0.4 is 4.74 Å². The first-order chi connectivity index (χ1) is 8.76. The zero-order chi connectivity index (χ0) is 12.7. The summed E-state index contributed by atoms with van der Waals surface area (Å²) in [6.07, 6.45) is 3.44. The van der Waals surface area contributed by atoms with Gasteiger partial charge in [0.05, 0.1) is 7.11 Å². The zero-order valence-electron chi connectivity index (χ0n) is 10.4. The first kappa shape index (κ1) is 11.7. The Kier molecular flexibility index (Phi) is 2.86. The number of fused-ring (bicyclic) bond motifs is 1. The molecular formula is C12H15ClN4O. The fourth-order valence-electron chi connectivity index (χ4n) is 2.35. The lowest BCUT2D eigenvalue weighted by atomic mass is 10.4. The molecule has 1 saturated carbocycles. The summed E-state index contributed by atoms with van der Waals surface area (Å²) < 4.78 is 7.44. The molecule has 0 saturated heterocycles. The Morgan fingerprint density at radius 3 is 2.89 bits per heavy atom. The van der Waals surface area contributed by atoms with Crippen molar-refractivity contribution in [3.63, 3.8) is 0 Å². The van der Waals surface area contributed by atoms with Gasteiger partial charge in [-0.3, -0.25) is 0 Å². The molecule has 0 bridgehead atoms. The van der Waals surface area contributed by atoms with E-state index in [0.717, 1.165) is 23.4 Å². The van der Waals surface area contributed by atoms with E-state index in [1.165, 1.54) is 12.7 Å². The third-order valence-electron chi connectivity index (χ3n) is 3.43. The molecule has 1 fully saturated rings. The molecule has 0 N–H and O–H groups in total. The van der Waals surface area contributed by atoms with Gasteiger partial charge in [-0.1, -0.05) is 6.92 Å². The van der Waals surface area contributed by atoms with Gasteiger partial charge in [-0.2, -0.15) is 4.98 Å². The number of hydrogen-bond acceptors (Lipinski definition) is 4. The van der Waals surface area contributed by atoms with Gasteiger partial charge in [-0.05, 0) is 12.3 Å². The minimum Gasteiger partial charge on any atom is -0.479 e. The van der Waals surface area contributed by atoms with Crippen LogP contribution in [0.4, 0.5) is 0 Å². The van der Waals surface area contributed by atoms with Crippen LogP contribution in [0.2, 0.25) is 0 Å². The monoisotopic (exact) mass is 266 g/mol. The largest absolute Gasteiger partial charge is 0.479 e. The Bertz CT molecular complexity index is 583. The number of ether oxygens (including phenoxy) is 1. The van der Waals surface area contributed by atoms with E-state index in [-0.39, 0.29) is 0 Å². The van der Waals surface area contributed by atoms with Crippen molar-refractivity contribution in [3.05, 3.63) is 12.2 Å². The smallest absolute Gasteiger partial charge is 0.245 e. The summed E-state index contributed by atoms with van der Waals surface area (Å²) >= 11 is 5.85. The van der Waals surface area contributed by atoms with Crippen molar-refractivity contribution in [1.82, 2.24) is 19.5 Å². The topological polar surface area (TPSA) is 52.8 Å². The molecule has 5 nitrogen and oxygen atoms in total. The standard InChI is InChI=1S/C12H15ClN4O/c1-7-5-8(7)17-9(3-4-13)16-10-11(17)14-6-15-12(10)18-2/h6-8H,3-5H2,1-2H3. The van der Waals surface area contributed by atoms with Crippen molar-refractivity contribution in [2.45, 2.75) is 25.8 Å². The fraction of sp³-hybridized carbons (Fsp3) is 0.583. The number of aromatic nitrogens is 4. The minimum atomic E-state index is 0.493. The lowest BCUT2D eigenvalue weighted by Gasteiger charge is -2.06. The highest BCUT2D eigenvalue weighted by molar-refractivity contribution is 6.17. The summed E-state index contributed by atoms with van der Waals surface area (Å²) in [5.74, 6) is 2.74. The molecule has 6 heteroatoms. The van der Waals surface area contributed by atoms with Gasteiger partial charge in [0.2, 0.25) is 5.88 Å².